The molecule has 0 saturated heterocycles. The second kappa shape index (κ2) is 16.8. The quantitative estimate of drug-likeness (QED) is 0.156. The smallest absolute Gasteiger partial charge is 0.128 e. The molecule has 6 aromatic carbocycles. The first-order valence-electron chi connectivity index (χ1n) is 20.7. The van der Waals surface area contributed by atoms with E-state index < -0.39 is 18.6 Å². The van der Waals surface area contributed by atoms with E-state index in [0.29, 0.717) is 39.2 Å². The van der Waals surface area contributed by atoms with Crippen molar-refractivity contribution in [3.05, 3.63) is 187 Å². The van der Waals surface area contributed by atoms with Gasteiger partial charge in [0.25, 0.3) is 0 Å². The van der Waals surface area contributed by atoms with Crippen LogP contribution in [0.3, 0.4) is 0 Å². The Morgan fingerprint density at radius 2 is 1.34 bits per heavy atom. The zero-order valence-electron chi connectivity index (χ0n) is 36.2. The molecular weight excluding hydrogens is 863 g/mol. The molecule has 56 heavy (non-hydrogen) atoms. The topological polar surface area (TPSA) is 51.8 Å². The SMILES string of the molecule is [2H]C([2H])([2H])c1cc(C([2H])([2H])C(C)(C)C)cc(-c2ccccc2)c1-c1cc(-c2[c-]ccc3c2oc2c(-c4ccccc4)cccc23)ncn1.[Ir].[c-]1ccccc1-c1ccccn1. The molecule has 0 saturated carbocycles. The summed E-state index contributed by atoms with van der Waals surface area (Å²) in [6.45, 7) is 2.87. The zero-order valence-corrected chi connectivity index (χ0v) is 33.6. The molecule has 0 atom stereocenters. The van der Waals surface area contributed by atoms with Gasteiger partial charge in [-0.3, -0.25) is 4.98 Å². The molecule has 3 aromatic heterocycles. The van der Waals surface area contributed by atoms with Crippen LogP contribution in [0.15, 0.2) is 169 Å². The van der Waals surface area contributed by atoms with Crippen LogP contribution in [-0.4, -0.2) is 15.0 Å². The van der Waals surface area contributed by atoms with Crippen molar-refractivity contribution >= 4 is 21.9 Å². The maximum absolute atomic E-state index is 9.04. The van der Waals surface area contributed by atoms with Crippen LogP contribution in [0.5, 0.6) is 0 Å². The molecule has 0 bridgehead atoms. The van der Waals surface area contributed by atoms with Crippen molar-refractivity contribution < 1.29 is 31.4 Å². The Hall–Kier alpha value is -6.00. The number of aryl methyl sites for hydroxylation is 1. The third-order valence-electron chi connectivity index (χ3n) is 9.12. The summed E-state index contributed by atoms with van der Waals surface area (Å²) in [4.78, 5) is 13.4. The minimum atomic E-state index is -2.56. The number of furan rings is 1. The number of hydrogen-bond acceptors (Lipinski definition) is 4. The molecule has 0 fully saturated rings. The second-order valence-corrected chi connectivity index (χ2v) is 14.2. The summed E-state index contributed by atoms with van der Waals surface area (Å²) in [5.74, 6) is 0. The Kier molecular flexibility index (Phi) is 9.67. The Bertz CT molecular complexity index is 2880. The van der Waals surface area contributed by atoms with E-state index in [2.05, 4.69) is 39.2 Å². The van der Waals surface area contributed by atoms with Crippen molar-refractivity contribution in [2.45, 2.75) is 34.0 Å². The normalized spacial score (nSPS) is 12.9. The molecule has 0 N–H and O–H groups in total. The molecule has 0 spiro atoms. The van der Waals surface area contributed by atoms with Gasteiger partial charge in [-0.15, -0.1) is 54.1 Å². The van der Waals surface area contributed by atoms with E-state index in [1.54, 1.807) is 18.3 Å². The monoisotopic (exact) mass is 909 g/mol. The summed E-state index contributed by atoms with van der Waals surface area (Å²) in [6.07, 6.45) is 1.39. The Morgan fingerprint density at radius 3 is 2.04 bits per heavy atom. The van der Waals surface area contributed by atoms with E-state index in [1.807, 2.05) is 142 Å². The first kappa shape index (κ1) is 32.3. The van der Waals surface area contributed by atoms with Crippen LogP contribution in [0.2, 0.25) is 0 Å². The third-order valence-corrected chi connectivity index (χ3v) is 9.12. The molecule has 0 aliphatic rings. The minimum absolute atomic E-state index is 0. The molecule has 4 nitrogen and oxygen atoms in total. The molecule has 0 amide bonds. The van der Waals surface area contributed by atoms with E-state index >= 15 is 0 Å². The molecule has 9 aromatic rings. The predicted molar refractivity (Wildman–Crippen MR) is 226 cm³/mol. The average Bonchev–Trinajstić information content (AvgIpc) is 3.66. The molecule has 277 valence electrons. The fraction of sp³-hybridized carbons (Fsp3) is 0.118. The van der Waals surface area contributed by atoms with Gasteiger partial charge in [0.1, 0.15) is 11.9 Å². The number of rotatable bonds is 6. The van der Waals surface area contributed by atoms with Crippen LogP contribution in [0.25, 0.3) is 78.0 Å². The summed E-state index contributed by atoms with van der Waals surface area (Å²) in [5, 5.41) is 1.88. The van der Waals surface area contributed by atoms with Crippen LogP contribution in [-0.2, 0) is 26.5 Å². The summed E-state index contributed by atoms with van der Waals surface area (Å²) in [5.41, 5.74) is 8.23. The second-order valence-electron chi connectivity index (χ2n) is 14.2. The van der Waals surface area contributed by atoms with Crippen molar-refractivity contribution in [2.75, 3.05) is 0 Å². The molecule has 9 rings (SSSR count). The number of hydrogen-bond donors (Lipinski definition) is 0. The first-order chi connectivity index (χ1) is 28.8. The number of benzene rings is 6. The predicted octanol–water partition coefficient (Wildman–Crippen LogP) is 13.3. The largest absolute Gasteiger partial charge is 0.500 e. The Labute approximate surface area is 349 Å². The first-order valence-corrected chi connectivity index (χ1v) is 18.2. The van der Waals surface area contributed by atoms with Crippen LogP contribution >= 0.6 is 0 Å². The average molecular weight is 909 g/mol. The molecule has 0 unspecified atom stereocenters. The van der Waals surface area contributed by atoms with Crippen molar-refractivity contribution in [2.24, 2.45) is 5.41 Å². The van der Waals surface area contributed by atoms with Gasteiger partial charge < -0.3 is 9.40 Å². The van der Waals surface area contributed by atoms with Gasteiger partial charge in [-0.25, -0.2) is 4.98 Å². The van der Waals surface area contributed by atoms with Gasteiger partial charge in [0.05, 0.1) is 11.3 Å². The van der Waals surface area contributed by atoms with Crippen LogP contribution < -0.4 is 0 Å². The molecule has 1 radical (unpaired) electrons. The van der Waals surface area contributed by atoms with Gasteiger partial charge in [-0.2, -0.15) is 0 Å². The van der Waals surface area contributed by atoms with E-state index in [0.717, 1.165) is 44.3 Å². The minimum Gasteiger partial charge on any atom is -0.500 e. The van der Waals surface area contributed by atoms with Crippen LogP contribution in [0.4, 0.5) is 0 Å². The fourth-order valence-electron chi connectivity index (χ4n) is 6.77. The summed E-state index contributed by atoms with van der Waals surface area (Å²) in [6, 6.07) is 54.6. The summed E-state index contributed by atoms with van der Waals surface area (Å²) >= 11 is 0. The third kappa shape index (κ3) is 8.30. The van der Waals surface area contributed by atoms with Gasteiger partial charge in [0, 0.05) is 49.7 Å². The van der Waals surface area contributed by atoms with Gasteiger partial charge >= 0.3 is 0 Å². The summed E-state index contributed by atoms with van der Waals surface area (Å²) in [7, 11) is 0. The maximum Gasteiger partial charge on any atom is 0.128 e. The molecule has 5 heteroatoms. The van der Waals surface area contributed by atoms with E-state index in [4.69, 9.17) is 11.3 Å². The molecule has 3 heterocycles. The van der Waals surface area contributed by atoms with Crippen molar-refractivity contribution in [3.63, 3.8) is 0 Å². The molecule has 0 aliphatic carbocycles. The van der Waals surface area contributed by atoms with Crippen molar-refractivity contribution in [1.29, 1.82) is 0 Å². The zero-order chi connectivity index (χ0) is 42.1. The van der Waals surface area contributed by atoms with Crippen LogP contribution in [0, 0.1) is 24.4 Å². The fourth-order valence-corrected chi connectivity index (χ4v) is 6.77. The van der Waals surface area contributed by atoms with Gasteiger partial charge in [0.15, 0.2) is 0 Å². The van der Waals surface area contributed by atoms with E-state index in [-0.39, 0.29) is 25.7 Å². The Morgan fingerprint density at radius 1 is 0.625 bits per heavy atom. The number of aromatic nitrogens is 3. The molecule has 0 aliphatic heterocycles. The number of nitrogens with zero attached hydrogens (tertiary/aromatic N) is 3. The van der Waals surface area contributed by atoms with Crippen LogP contribution in [0.1, 0.15) is 38.8 Å². The van der Waals surface area contributed by atoms with Gasteiger partial charge in [-0.05, 0) is 63.9 Å². The van der Waals surface area contributed by atoms with Crippen molar-refractivity contribution in [1.82, 2.24) is 15.0 Å². The van der Waals surface area contributed by atoms with E-state index in [1.165, 1.54) is 12.4 Å². The maximum atomic E-state index is 9.04. The van der Waals surface area contributed by atoms with E-state index in [9.17, 15) is 0 Å². The number of fused-ring (bicyclic) bond motifs is 3. The number of pyridine rings is 1. The number of para-hydroxylation sites is 1. The standard InChI is InChI=1S/C40H33N2O.C11H8N.Ir/c1-26-21-27(24-40(2,3)4)22-34(29-15-9-6-10-16-29)37(26)36-23-35(41-25-42-36)33-20-12-19-32-31-18-11-17-30(38(31)43-39(32)33)28-13-7-5-8-14-28;1-2-6-10(7-3-1)11-8-4-5-9-12-11;/h5-19,21-23,25H,24H2,1-4H3;1-6,8-9H;/q2*-1;/i1D3,24D2;;. The van der Waals surface area contributed by atoms with Crippen molar-refractivity contribution in [3.8, 4) is 56.0 Å². The summed E-state index contributed by atoms with van der Waals surface area (Å²) < 4.78 is 50.5. The molecular formula is C51H41IrN3O-2. The van der Waals surface area contributed by atoms with Gasteiger partial charge in [0.2, 0.25) is 0 Å². The van der Waals surface area contributed by atoms with Gasteiger partial charge in [-0.1, -0.05) is 141 Å². The Balaban J connectivity index is 0.000000370.